The summed E-state index contributed by atoms with van der Waals surface area (Å²) in [5.41, 5.74) is 6.98. The molecule has 0 bridgehead atoms. The third-order valence-electron chi connectivity index (χ3n) is 3.08. The van der Waals surface area contributed by atoms with Gasteiger partial charge in [0.2, 0.25) is 0 Å². The van der Waals surface area contributed by atoms with Gasteiger partial charge in [-0.05, 0) is 31.2 Å². The van der Waals surface area contributed by atoms with Crippen molar-refractivity contribution in [3.63, 3.8) is 0 Å². The molecule has 0 aliphatic carbocycles. The van der Waals surface area contributed by atoms with Crippen molar-refractivity contribution in [2.75, 3.05) is 37.0 Å². The average molecular weight is 265 g/mol. The Morgan fingerprint density at radius 1 is 1.58 bits per heavy atom. The van der Waals surface area contributed by atoms with E-state index in [2.05, 4.69) is 5.32 Å². The summed E-state index contributed by atoms with van der Waals surface area (Å²) in [6.07, 6.45) is -0.163. The van der Waals surface area contributed by atoms with Crippen LogP contribution in [0.25, 0.3) is 0 Å². The first-order valence-electron chi connectivity index (χ1n) is 6.28. The van der Waals surface area contributed by atoms with Crippen LogP contribution in [0.2, 0.25) is 0 Å². The van der Waals surface area contributed by atoms with Gasteiger partial charge in [-0.15, -0.1) is 0 Å². The Hall–Kier alpha value is -1.79. The summed E-state index contributed by atoms with van der Waals surface area (Å²) >= 11 is 0. The highest BCUT2D eigenvalue weighted by Gasteiger charge is 2.27. The number of aliphatic hydroxyl groups is 1. The number of fused-ring (bicyclic) bond motifs is 1. The molecule has 0 saturated carbocycles. The van der Waals surface area contributed by atoms with E-state index in [4.69, 9.17) is 10.5 Å². The molecule has 0 spiro atoms. The maximum Gasteiger partial charge on any atom is 0.265 e. The molecule has 1 amide bonds. The highest BCUT2D eigenvalue weighted by molar-refractivity contribution is 5.98. The molecule has 0 aromatic heterocycles. The molecule has 0 radical (unpaired) electrons. The number of aliphatic hydroxyl groups excluding tert-OH is 1. The molecule has 104 valence electrons. The van der Waals surface area contributed by atoms with Crippen molar-refractivity contribution in [2.45, 2.75) is 12.5 Å². The lowest BCUT2D eigenvalue weighted by Gasteiger charge is -2.31. The van der Waals surface area contributed by atoms with Gasteiger partial charge >= 0.3 is 0 Å². The zero-order valence-corrected chi connectivity index (χ0v) is 10.9. The highest BCUT2D eigenvalue weighted by atomic mass is 16.5. The predicted octanol–water partition coefficient (Wildman–Crippen LogP) is 0.163. The third-order valence-corrected chi connectivity index (χ3v) is 3.08. The number of hydrogen-bond donors (Lipinski definition) is 3. The Morgan fingerprint density at radius 2 is 2.37 bits per heavy atom. The molecule has 1 aromatic carbocycles. The van der Waals surface area contributed by atoms with Gasteiger partial charge in [-0.1, -0.05) is 0 Å². The van der Waals surface area contributed by atoms with Crippen LogP contribution in [0.4, 0.5) is 11.4 Å². The monoisotopic (exact) mass is 265 g/mol. The molecule has 1 aliphatic rings. The summed E-state index contributed by atoms with van der Waals surface area (Å²) in [7, 11) is 1.81. The van der Waals surface area contributed by atoms with Gasteiger partial charge < -0.3 is 25.8 Å². The number of anilines is 2. The van der Waals surface area contributed by atoms with Gasteiger partial charge in [0.1, 0.15) is 5.75 Å². The van der Waals surface area contributed by atoms with Gasteiger partial charge in [0.15, 0.2) is 6.61 Å². The standard InChI is InChI=1S/C13H19N3O3/c1-15-9-2-3-12-11(6-9)16(13(18)8-19-12)7-10(17)4-5-14/h2-3,6,10,15,17H,4-5,7-8,14H2,1H3. The number of nitrogens with two attached hydrogens (primary N) is 1. The van der Waals surface area contributed by atoms with Crippen LogP contribution in [0.15, 0.2) is 18.2 Å². The van der Waals surface area contributed by atoms with E-state index in [9.17, 15) is 9.90 Å². The maximum atomic E-state index is 11.9. The highest BCUT2D eigenvalue weighted by Crippen LogP contribution is 2.34. The lowest BCUT2D eigenvalue weighted by Crippen LogP contribution is -2.43. The van der Waals surface area contributed by atoms with Crippen molar-refractivity contribution in [1.82, 2.24) is 0 Å². The van der Waals surface area contributed by atoms with Crippen molar-refractivity contribution in [2.24, 2.45) is 5.73 Å². The number of β-amino-alcohol motifs (C(OH)–C–C–N with tert-alkyl or cyclic N) is 1. The largest absolute Gasteiger partial charge is 0.482 e. The molecule has 0 saturated heterocycles. The number of hydrogen-bond acceptors (Lipinski definition) is 5. The first-order chi connectivity index (χ1) is 9.15. The molecule has 6 heteroatoms. The van der Waals surface area contributed by atoms with Crippen LogP contribution in [0.1, 0.15) is 6.42 Å². The van der Waals surface area contributed by atoms with E-state index in [1.165, 1.54) is 0 Å². The molecule has 1 aliphatic heterocycles. The number of ether oxygens (including phenoxy) is 1. The molecular formula is C13H19N3O3. The van der Waals surface area contributed by atoms with E-state index >= 15 is 0 Å². The number of nitrogens with zero attached hydrogens (tertiary/aromatic N) is 1. The van der Waals surface area contributed by atoms with Gasteiger partial charge in [-0.2, -0.15) is 0 Å². The van der Waals surface area contributed by atoms with Crippen LogP contribution >= 0.6 is 0 Å². The second-order valence-corrected chi connectivity index (χ2v) is 4.46. The number of nitrogens with one attached hydrogen (secondary N) is 1. The van der Waals surface area contributed by atoms with Gasteiger partial charge in [0.05, 0.1) is 18.3 Å². The minimum absolute atomic E-state index is 0.00124. The molecule has 4 N–H and O–H groups in total. The molecular weight excluding hydrogens is 246 g/mol. The number of carbonyl (C=O) groups is 1. The fraction of sp³-hybridized carbons (Fsp3) is 0.462. The number of benzene rings is 1. The lowest BCUT2D eigenvalue weighted by atomic mass is 10.1. The molecule has 0 fully saturated rings. The normalized spacial score (nSPS) is 15.7. The Kier molecular flexibility index (Phi) is 4.24. The molecule has 1 atom stereocenters. The topological polar surface area (TPSA) is 87.8 Å². The van der Waals surface area contributed by atoms with Crippen LogP contribution in [-0.4, -0.2) is 43.9 Å². The van der Waals surface area contributed by atoms with Crippen molar-refractivity contribution < 1.29 is 14.6 Å². The molecule has 1 unspecified atom stereocenters. The summed E-state index contributed by atoms with van der Waals surface area (Å²) in [5.74, 6) is 0.496. The van der Waals surface area contributed by atoms with Crippen molar-refractivity contribution >= 4 is 17.3 Å². The fourth-order valence-electron chi connectivity index (χ4n) is 2.05. The maximum absolute atomic E-state index is 11.9. The van der Waals surface area contributed by atoms with Crippen molar-refractivity contribution in [3.8, 4) is 5.75 Å². The van der Waals surface area contributed by atoms with E-state index in [0.29, 0.717) is 24.4 Å². The minimum atomic E-state index is -0.627. The molecule has 1 aromatic rings. The zero-order chi connectivity index (χ0) is 13.8. The quantitative estimate of drug-likeness (QED) is 0.706. The minimum Gasteiger partial charge on any atom is -0.482 e. The van der Waals surface area contributed by atoms with Crippen LogP contribution in [0.5, 0.6) is 5.75 Å². The molecule has 6 nitrogen and oxygen atoms in total. The summed E-state index contributed by atoms with van der Waals surface area (Å²) in [6.45, 7) is 0.629. The van der Waals surface area contributed by atoms with Crippen molar-refractivity contribution in [1.29, 1.82) is 0 Å². The number of carbonyl (C=O) groups excluding carboxylic acids is 1. The predicted molar refractivity (Wildman–Crippen MR) is 73.5 cm³/mol. The first kappa shape index (κ1) is 13.6. The summed E-state index contributed by atoms with van der Waals surface area (Å²) in [4.78, 5) is 13.5. The van der Waals surface area contributed by atoms with E-state index < -0.39 is 6.10 Å². The van der Waals surface area contributed by atoms with Gasteiger partial charge in [0, 0.05) is 12.7 Å². The lowest BCUT2D eigenvalue weighted by molar-refractivity contribution is -0.121. The van der Waals surface area contributed by atoms with Crippen LogP contribution in [0.3, 0.4) is 0 Å². The van der Waals surface area contributed by atoms with Crippen LogP contribution in [-0.2, 0) is 4.79 Å². The third kappa shape index (κ3) is 2.97. The fourth-order valence-corrected chi connectivity index (χ4v) is 2.05. The van der Waals surface area contributed by atoms with E-state index in [1.807, 2.05) is 18.2 Å². The van der Waals surface area contributed by atoms with Crippen molar-refractivity contribution in [3.05, 3.63) is 18.2 Å². The van der Waals surface area contributed by atoms with Gasteiger partial charge in [0.25, 0.3) is 5.91 Å². The van der Waals surface area contributed by atoms with Crippen LogP contribution in [0, 0.1) is 0 Å². The number of rotatable bonds is 5. The molecule has 1 heterocycles. The summed E-state index contributed by atoms with van der Waals surface area (Å²) in [5, 5.41) is 12.9. The Morgan fingerprint density at radius 3 is 3.05 bits per heavy atom. The SMILES string of the molecule is CNc1ccc2c(c1)N(CC(O)CCN)C(=O)CO2. The summed E-state index contributed by atoms with van der Waals surface area (Å²) < 4.78 is 5.38. The van der Waals surface area contributed by atoms with E-state index in [0.717, 1.165) is 5.69 Å². The number of amides is 1. The van der Waals surface area contributed by atoms with Gasteiger partial charge in [-0.3, -0.25) is 4.79 Å². The average Bonchev–Trinajstić information content (AvgIpc) is 2.42. The van der Waals surface area contributed by atoms with Crippen LogP contribution < -0.4 is 20.7 Å². The van der Waals surface area contributed by atoms with Gasteiger partial charge in [-0.25, -0.2) is 0 Å². The summed E-state index contributed by atoms with van der Waals surface area (Å²) in [6, 6.07) is 5.53. The Labute approximate surface area is 112 Å². The molecule has 19 heavy (non-hydrogen) atoms. The Balaban J connectivity index is 2.25. The second kappa shape index (κ2) is 5.90. The second-order valence-electron chi connectivity index (χ2n) is 4.46. The van der Waals surface area contributed by atoms with E-state index in [1.54, 1.807) is 11.9 Å². The molecule has 2 rings (SSSR count). The Bertz CT molecular complexity index is 464. The smallest absolute Gasteiger partial charge is 0.265 e. The zero-order valence-electron chi connectivity index (χ0n) is 10.9. The first-order valence-corrected chi connectivity index (χ1v) is 6.28. The van der Waals surface area contributed by atoms with E-state index in [-0.39, 0.29) is 19.1 Å².